The van der Waals surface area contributed by atoms with Crippen molar-refractivity contribution in [3.8, 4) is 11.1 Å². The molecule has 2 aliphatic rings. The van der Waals surface area contributed by atoms with E-state index in [-0.39, 0.29) is 39.7 Å². The topological polar surface area (TPSA) is 74.3 Å². The molecule has 0 bridgehead atoms. The first-order valence-corrected chi connectivity index (χ1v) is 12.3. The lowest BCUT2D eigenvalue weighted by Gasteiger charge is -2.38. The lowest BCUT2D eigenvalue weighted by Crippen LogP contribution is -2.43. The van der Waals surface area contributed by atoms with Crippen LogP contribution in [0, 0.1) is 11.6 Å². The summed E-state index contributed by atoms with van der Waals surface area (Å²) in [5, 5.41) is 4.77. The number of halogens is 2. The lowest BCUT2D eigenvalue weighted by molar-refractivity contribution is -0.0174. The van der Waals surface area contributed by atoms with E-state index in [4.69, 9.17) is 4.74 Å². The zero-order valence-electron chi connectivity index (χ0n) is 20.8. The normalized spacial score (nSPS) is 20.1. The summed E-state index contributed by atoms with van der Waals surface area (Å²) in [6.07, 6.45) is 5.74. The highest BCUT2D eigenvalue weighted by Crippen LogP contribution is 2.37. The molecule has 2 unspecified atom stereocenters. The molecule has 2 aromatic carbocycles. The number of aromatic nitrogens is 4. The van der Waals surface area contributed by atoms with Crippen molar-refractivity contribution < 1.29 is 13.5 Å². The van der Waals surface area contributed by atoms with Crippen molar-refractivity contribution >= 4 is 16.5 Å². The molecule has 2 atom stereocenters. The van der Waals surface area contributed by atoms with E-state index in [2.05, 4.69) is 10.00 Å². The van der Waals surface area contributed by atoms with Crippen molar-refractivity contribution in [3.63, 3.8) is 0 Å². The quantitative estimate of drug-likeness (QED) is 0.421. The van der Waals surface area contributed by atoms with Gasteiger partial charge in [-0.15, -0.1) is 0 Å². The van der Waals surface area contributed by atoms with Gasteiger partial charge in [-0.2, -0.15) is 5.10 Å². The van der Waals surface area contributed by atoms with Crippen LogP contribution in [0.2, 0.25) is 0 Å². The first-order valence-electron chi connectivity index (χ1n) is 12.3. The summed E-state index contributed by atoms with van der Waals surface area (Å²) < 4.78 is 39.4. The van der Waals surface area contributed by atoms with Gasteiger partial charge in [0.2, 0.25) is 0 Å². The van der Waals surface area contributed by atoms with Gasteiger partial charge in [-0.05, 0) is 44.0 Å². The minimum absolute atomic E-state index is 0.0576. The largest absolute Gasteiger partial charge is 0.367 e. The van der Waals surface area contributed by atoms with E-state index in [0.717, 1.165) is 30.5 Å². The van der Waals surface area contributed by atoms with E-state index < -0.39 is 17.2 Å². The van der Waals surface area contributed by atoms with E-state index in [1.807, 2.05) is 24.0 Å². The fraction of sp³-hybridized carbons (Fsp3) is 0.370. The van der Waals surface area contributed by atoms with Gasteiger partial charge in [0.1, 0.15) is 17.7 Å². The Morgan fingerprint density at radius 1 is 0.973 bits per heavy atom. The molecule has 192 valence electrons. The Kier molecular flexibility index (Phi) is 5.52. The van der Waals surface area contributed by atoms with Crippen LogP contribution in [0.25, 0.3) is 21.9 Å². The van der Waals surface area contributed by atoms with E-state index >= 15 is 0 Å². The number of hydrogen-bond donors (Lipinski definition) is 0. The summed E-state index contributed by atoms with van der Waals surface area (Å²) in [6.45, 7) is 3.00. The summed E-state index contributed by atoms with van der Waals surface area (Å²) in [6, 6.07) is 7.08. The average molecular weight is 508 g/mol. The molecule has 1 saturated carbocycles. The summed E-state index contributed by atoms with van der Waals surface area (Å²) in [5.41, 5.74) is 1.11. The molecule has 10 heteroatoms. The molecule has 8 nitrogen and oxygen atoms in total. The van der Waals surface area contributed by atoms with Crippen molar-refractivity contribution in [1.82, 2.24) is 19.1 Å². The van der Waals surface area contributed by atoms with E-state index in [1.54, 1.807) is 12.1 Å². The third-order valence-corrected chi connectivity index (χ3v) is 7.37. The number of hydrogen-bond acceptors (Lipinski definition) is 5. The molecular weight excluding hydrogens is 480 g/mol. The molecule has 37 heavy (non-hydrogen) atoms. The predicted octanol–water partition coefficient (Wildman–Crippen LogP) is 3.68. The van der Waals surface area contributed by atoms with Crippen LogP contribution < -0.4 is 16.0 Å². The zero-order chi connectivity index (χ0) is 26.0. The van der Waals surface area contributed by atoms with E-state index in [9.17, 15) is 18.4 Å². The van der Waals surface area contributed by atoms with Crippen LogP contribution in [0.4, 0.5) is 14.5 Å². The van der Waals surface area contributed by atoms with Crippen LogP contribution in [-0.4, -0.2) is 38.3 Å². The Morgan fingerprint density at radius 3 is 2.46 bits per heavy atom. The minimum Gasteiger partial charge on any atom is -0.367 e. The molecule has 0 N–H and O–H groups in total. The van der Waals surface area contributed by atoms with Crippen LogP contribution >= 0.6 is 0 Å². The number of anilines is 1. The highest BCUT2D eigenvalue weighted by Gasteiger charge is 2.31. The maximum absolute atomic E-state index is 15.0. The number of ether oxygens (including phenoxy) is 1. The van der Waals surface area contributed by atoms with Gasteiger partial charge in [0, 0.05) is 61.8 Å². The second-order valence-corrected chi connectivity index (χ2v) is 10.0. The Hall–Kier alpha value is -3.79. The van der Waals surface area contributed by atoms with Crippen LogP contribution in [-0.2, 0) is 18.8 Å². The molecular formula is C27H27F2N5O3. The third kappa shape index (κ3) is 4.05. The first kappa shape index (κ1) is 23.6. The van der Waals surface area contributed by atoms with Gasteiger partial charge in [-0.1, -0.05) is 0 Å². The highest BCUT2D eigenvalue weighted by molar-refractivity contribution is 5.98. The smallest absolute Gasteiger partial charge is 0.273 e. The van der Waals surface area contributed by atoms with Gasteiger partial charge in [0.25, 0.3) is 11.1 Å². The Labute approximate surface area is 211 Å². The molecule has 0 radical (unpaired) electrons. The van der Waals surface area contributed by atoms with Crippen molar-refractivity contribution in [2.24, 2.45) is 14.1 Å². The van der Waals surface area contributed by atoms with Crippen molar-refractivity contribution in [3.05, 3.63) is 80.6 Å². The Bertz CT molecular complexity index is 1650. The predicted molar refractivity (Wildman–Crippen MR) is 136 cm³/mol. The summed E-state index contributed by atoms with van der Waals surface area (Å²) >= 11 is 0. The third-order valence-electron chi connectivity index (χ3n) is 7.37. The Morgan fingerprint density at radius 2 is 1.73 bits per heavy atom. The van der Waals surface area contributed by atoms with Gasteiger partial charge < -0.3 is 9.64 Å². The van der Waals surface area contributed by atoms with Crippen molar-refractivity contribution in [2.75, 3.05) is 18.0 Å². The summed E-state index contributed by atoms with van der Waals surface area (Å²) in [7, 11) is 3.00. The molecule has 3 heterocycles. The molecule has 0 spiro atoms. The maximum atomic E-state index is 15.0. The molecule has 1 aliphatic carbocycles. The average Bonchev–Trinajstić information content (AvgIpc) is 3.61. The van der Waals surface area contributed by atoms with E-state index in [0.29, 0.717) is 24.8 Å². The first-order chi connectivity index (χ1) is 17.7. The van der Waals surface area contributed by atoms with Crippen LogP contribution in [0.5, 0.6) is 0 Å². The molecule has 1 aliphatic heterocycles. The fourth-order valence-corrected chi connectivity index (χ4v) is 5.14. The van der Waals surface area contributed by atoms with Gasteiger partial charge in [0.15, 0.2) is 0 Å². The SMILES string of the molecule is CC1CN(c2cc(-c3ccc(F)cc3F)c3c(=O)n(C)n(C)c(=O)c3c2)CC(c2cnn(C3CC3)c2)O1. The molecule has 6 rings (SSSR count). The molecule has 2 fully saturated rings. The number of nitrogens with zero attached hydrogens (tertiary/aromatic N) is 5. The van der Waals surface area contributed by atoms with Crippen LogP contribution in [0.3, 0.4) is 0 Å². The second-order valence-electron chi connectivity index (χ2n) is 10.0. The number of benzene rings is 2. The van der Waals surface area contributed by atoms with Crippen molar-refractivity contribution in [2.45, 2.75) is 38.0 Å². The van der Waals surface area contributed by atoms with Gasteiger partial charge in [0.05, 0.1) is 29.1 Å². The van der Waals surface area contributed by atoms with E-state index in [1.165, 1.54) is 29.5 Å². The standard InChI is InChI=1S/C27H27F2N5O3/c1-15-12-33(14-24(37-15)16-11-30-34(13-16)18-5-6-18)19-9-21(20-7-4-17(28)8-23(20)29)25-22(10-19)26(35)31(2)32(3)27(25)36/h4,7-11,13,15,18,24H,5-6,12,14H2,1-3H3. The molecule has 1 saturated heterocycles. The van der Waals surface area contributed by atoms with Crippen molar-refractivity contribution in [1.29, 1.82) is 0 Å². The maximum Gasteiger partial charge on any atom is 0.273 e. The number of rotatable bonds is 4. The highest BCUT2D eigenvalue weighted by atomic mass is 19.1. The second kappa shape index (κ2) is 8.65. The van der Waals surface area contributed by atoms with Gasteiger partial charge >= 0.3 is 0 Å². The summed E-state index contributed by atoms with van der Waals surface area (Å²) in [4.78, 5) is 28.6. The van der Waals surface area contributed by atoms with Gasteiger partial charge in [-0.3, -0.25) is 23.6 Å². The van der Waals surface area contributed by atoms with Crippen LogP contribution in [0.15, 0.2) is 52.3 Å². The fourth-order valence-electron chi connectivity index (χ4n) is 5.14. The number of fused-ring (bicyclic) bond motifs is 1. The minimum atomic E-state index is -0.804. The zero-order valence-corrected chi connectivity index (χ0v) is 20.8. The molecule has 2 aromatic heterocycles. The molecule has 0 amide bonds. The molecule has 4 aromatic rings. The monoisotopic (exact) mass is 507 g/mol. The van der Waals surface area contributed by atoms with Crippen LogP contribution in [0.1, 0.15) is 37.5 Å². The Balaban J connectivity index is 1.50. The number of morpholine rings is 1. The summed E-state index contributed by atoms with van der Waals surface area (Å²) in [5.74, 6) is -1.52. The van der Waals surface area contributed by atoms with Gasteiger partial charge in [-0.25, -0.2) is 8.78 Å². The lowest BCUT2D eigenvalue weighted by atomic mass is 9.97.